The molecule has 2 rings (SSSR count). The first kappa shape index (κ1) is 16.4. The molecule has 1 N–H and O–H groups in total. The monoisotopic (exact) mass is 315 g/mol. The van der Waals surface area contributed by atoms with E-state index in [0.29, 0.717) is 12.3 Å². The summed E-state index contributed by atoms with van der Waals surface area (Å²) >= 11 is 1.55. The first-order valence-corrected chi connectivity index (χ1v) is 8.25. The van der Waals surface area contributed by atoms with Gasteiger partial charge < -0.3 is 10.1 Å². The van der Waals surface area contributed by atoms with Crippen LogP contribution in [0.5, 0.6) is 5.75 Å². The Hall–Kier alpha value is -1.94. The van der Waals surface area contributed by atoms with E-state index < -0.39 is 0 Å². The molecule has 0 bridgehead atoms. The van der Waals surface area contributed by atoms with Crippen molar-refractivity contribution in [3.8, 4) is 5.75 Å². The highest BCUT2D eigenvalue weighted by atomic mass is 32.2. The Balaban J connectivity index is 1.76. The van der Waals surface area contributed by atoms with Gasteiger partial charge in [0.1, 0.15) is 5.75 Å². The average molecular weight is 315 g/mol. The van der Waals surface area contributed by atoms with Gasteiger partial charge in [0, 0.05) is 11.4 Å². The van der Waals surface area contributed by atoms with Gasteiger partial charge in [-0.15, -0.1) is 11.8 Å². The van der Waals surface area contributed by atoms with E-state index in [1.807, 2.05) is 42.5 Å². The van der Waals surface area contributed by atoms with Crippen molar-refractivity contribution in [3.63, 3.8) is 0 Å². The lowest BCUT2D eigenvalue weighted by Gasteiger charge is -2.10. The average Bonchev–Trinajstić information content (AvgIpc) is 2.54. The van der Waals surface area contributed by atoms with Crippen molar-refractivity contribution in [2.75, 3.05) is 19.4 Å². The first-order chi connectivity index (χ1) is 10.7. The zero-order chi connectivity index (χ0) is 15.8. The van der Waals surface area contributed by atoms with Gasteiger partial charge in [-0.25, -0.2) is 0 Å². The molecular formula is C18H21NO2S. The number of benzene rings is 2. The minimum atomic E-state index is 0.0560. The number of carbonyl (C=O) groups is 1. The number of thioether (sulfide) groups is 1. The number of amides is 1. The molecule has 0 radical (unpaired) electrons. The third-order valence-corrected chi connectivity index (χ3v) is 4.28. The van der Waals surface area contributed by atoms with Crippen molar-refractivity contribution in [2.45, 2.75) is 18.2 Å². The molecule has 116 valence electrons. The van der Waals surface area contributed by atoms with Crippen molar-refractivity contribution >= 4 is 17.7 Å². The van der Waals surface area contributed by atoms with Gasteiger partial charge >= 0.3 is 0 Å². The van der Waals surface area contributed by atoms with Gasteiger partial charge in [-0.3, -0.25) is 4.79 Å². The molecule has 0 fully saturated rings. The molecule has 0 aliphatic carbocycles. The van der Waals surface area contributed by atoms with Gasteiger partial charge in [0.15, 0.2) is 0 Å². The molecule has 0 saturated carbocycles. The van der Waals surface area contributed by atoms with Crippen molar-refractivity contribution in [2.24, 2.45) is 0 Å². The molecule has 3 nitrogen and oxygen atoms in total. The molecule has 0 atom stereocenters. The summed E-state index contributed by atoms with van der Waals surface area (Å²) in [5, 5.41) is 2.96. The van der Waals surface area contributed by atoms with Gasteiger partial charge in [0.2, 0.25) is 5.91 Å². The minimum Gasteiger partial charge on any atom is -0.496 e. The molecular weight excluding hydrogens is 294 g/mol. The van der Waals surface area contributed by atoms with E-state index in [-0.39, 0.29) is 5.91 Å². The SMILES string of the molecule is COc1ccc(C)cc1CCNC(=O)CSc1ccccc1. The van der Waals surface area contributed by atoms with Crippen molar-refractivity contribution in [1.82, 2.24) is 5.32 Å². The molecule has 0 aliphatic heterocycles. The second-order valence-corrected chi connectivity index (χ2v) is 6.07. The quantitative estimate of drug-likeness (QED) is 0.795. The van der Waals surface area contributed by atoms with Gasteiger partial charge in [0.25, 0.3) is 0 Å². The van der Waals surface area contributed by atoms with Crippen LogP contribution in [0.3, 0.4) is 0 Å². The maximum atomic E-state index is 11.9. The summed E-state index contributed by atoms with van der Waals surface area (Å²) in [5.41, 5.74) is 2.32. The fraction of sp³-hybridized carbons (Fsp3) is 0.278. The lowest BCUT2D eigenvalue weighted by Crippen LogP contribution is -2.27. The van der Waals surface area contributed by atoms with E-state index in [0.717, 1.165) is 22.6 Å². The van der Waals surface area contributed by atoms with Gasteiger partial charge in [-0.2, -0.15) is 0 Å². The van der Waals surface area contributed by atoms with Crippen LogP contribution in [0.2, 0.25) is 0 Å². The Labute approximate surface area is 136 Å². The topological polar surface area (TPSA) is 38.3 Å². The number of aryl methyl sites for hydroxylation is 1. The number of hydrogen-bond acceptors (Lipinski definition) is 3. The van der Waals surface area contributed by atoms with Crippen molar-refractivity contribution in [1.29, 1.82) is 0 Å². The number of ether oxygens (including phenoxy) is 1. The van der Waals surface area contributed by atoms with Crippen molar-refractivity contribution in [3.05, 3.63) is 59.7 Å². The van der Waals surface area contributed by atoms with Crippen LogP contribution in [0, 0.1) is 6.92 Å². The number of hydrogen-bond donors (Lipinski definition) is 1. The molecule has 0 aliphatic rings. The zero-order valence-electron chi connectivity index (χ0n) is 13.0. The van der Waals surface area contributed by atoms with Crippen LogP contribution in [0.15, 0.2) is 53.4 Å². The second-order valence-electron chi connectivity index (χ2n) is 5.02. The van der Waals surface area contributed by atoms with Gasteiger partial charge in [0.05, 0.1) is 12.9 Å². The number of nitrogens with one attached hydrogen (secondary N) is 1. The van der Waals surface area contributed by atoms with Crippen LogP contribution >= 0.6 is 11.8 Å². The smallest absolute Gasteiger partial charge is 0.230 e. The molecule has 1 amide bonds. The van der Waals surface area contributed by atoms with Crippen LogP contribution < -0.4 is 10.1 Å². The fourth-order valence-electron chi connectivity index (χ4n) is 2.16. The lowest BCUT2D eigenvalue weighted by atomic mass is 10.1. The highest BCUT2D eigenvalue weighted by Gasteiger charge is 2.05. The number of rotatable bonds is 7. The Morgan fingerprint density at radius 1 is 1.18 bits per heavy atom. The highest BCUT2D eigenvalue weighted by Crippen LogP contribution is 2.20. The van der Waals surface area contributed by atoms with E-state index in [9.17, 15) is 4.79 Å². The molecule has 0 spiro atoms. The summed E-state index contributed by atoms with van der Waals surface area (Å²) < 4.78 is 5.35. The Kier molecular flexibility index (Phi) is 6.34. The van der Waals surface area contributed by atoms with Crippen LogP contribution in [0.25, 0.3) is 0 Å². The molecule has 0 heterocycles. The van der Waals surface area contributed by atoms with Crippen LogP contribution in [-0.2, 0) is 11.2 Å². The first-order valence-electron chi connectivity index (χ1n) is 7.27. The summed E-state index contributed by atoms with van der Waals surface area (Å²) in [5.74, 6) is 1.37. The van der Waals surface area contributed by atoms with E-state index in [2.05, 4.69) is 18.3 Å². The molecule has 2 aromatic rings. The Morgan fingerprint density at radius 3 is 2.68 bits per heavy atom. The molecule has 22 heavy (non-hydrogen) atoms. The van der Waals surface area contributed by atoms with Gasteiger partial charge in [-0.1, -0.05) is 35.9 Å². The third-order valence-electron chi connectivity index (χ3n) is 3.27. The van der Waals surface area contributed by atoms with E-state index in [1.54, 1.807) is 18.9 Å². The van der Waals surface area contributed by atoms with Crippen molar-refractivity contribution < 1.29 is 9.53 Å². The fourth-order valence-corrected chi connectivity index (χ4v) is 2.91. The third kappa shape index (κ3) is 5.11. The van der Waals surface area contributed by atoms with Crippen LogP contribution in [0.4, 0.5) is 0 Å². The predicted octanol–water partition coefficient (Wildman–Crippen LogP) is 3.45. The predicted molar refractivity (Wildman–Crippen MR) is 91.6 cm³/mol. The molecule has 4 heteroatoms. The molecule has 0 unspecified atom stereocenters. The summed E-state index contributed by atoms with van der Waals surface area (Å²) in [6, 6.07) is 16.0. The maximum absolute atomic E-state index is 11.9. The second kappa shape index (κ2) is 8.49. The Morgan fingerprint density at radius 2 is 1.95 bits per heavy atom. The lowest BCUT2D eigenvalue weighted by molar-refractivity contribution is -0.118. The normalized spacial score (nSPS) is 10.3. The Bertz CT molecular complexity index is 614. The summed E-state index contributed by atoms with van der Waals surface area (Å²) in [6.07, 6.45) is 0.770. The largest absolute Gasteiger partial charge is 0.496 e. The van der Waals surface area contributed by atoms with Crippen LogP contribution in [0.1, 0.15) is 11.1 Å². The minimum absolute atomic E-state index is 0.0560. The standard InChI is InChI=1S/C18H21NO2S/c1-14-8-9-17(21-2)15(12-14)10-11-19-18(20)13-22-16-6-4-3-5-7-16/h3-9,12H,10-11,13H2,1-2H3,(H,19,20). The van der Waals surface area contributed by atoms with Crippen LogP contribution in [-0.4, -0.2) is 25.3 Å². The van der Waals surface area contributed by atoms with E-state index in [1.165, 1.54) is 5.56 Å². The number of methoxy groups -OCH3 is 1. The number of carbonyl (C=O) groups excluding carboxylic acids is 1. The molecule has 0 saturated heterocycles. The summed E-state index contributed by atoms with van der Waals surface area (Å²) in [6.45, 7) is 2.67. The molecule has 0 aromatic heterocycles. The zero-order valence-corrected chi connectivity index (χ0v) is 13.8. The van der Waals surface area contributed by atoms with E-state index >= 15 is 0 Å². The summed E-state index contributed by atoms with van der Waals surface area (Å²) in [7, 11) is 1.67. The summed E-state index contributed by atoms with van der Waals surface area (Å²) in [4.78, 5) is 13.0. The van der Waals surface area contributed by atoms with Gasteiger partial charge in [-0.05, 0) is 37.1 Å². The molecule has 2 aromatic carbocycles. The van der Waals surface area contributed by atoms with E-state index in [4.69, 9.17) is 4.74 Å². The maximum Gasteiger partial charge on any atom is 0.230 e. The highest BCUT2D eigenvalue weighted by molar-refractivity contribution is 8.00.